The van der Waals surface area contributed by atoms with Crippen molar-refractivity contribution in [3.05, 3.63) is 71.8 Å². The summed E-state index contributed by atoms with van der Waals surface area (Å²) in [4.78, 5) is 2.37. The quantitative estimate of drug-likeness (QED) is 0.834. The van der Waals surface area contributed by atoms with Crippen LogP contribution in [0.2, 0.25) is 0 Å². The minimum absolute atomic E-state index is 0.172. The van der Waals surface area contributed by atoms with E-state index in [1.54, 1.807) is 0 Å². The molecular formula is C19H25NO. The molecule has 0 saturated heterocycles. The highest BCUT2D eigenvalue weighted by Gasteiger charge is 2.21. The second-order valence-corrected chi connectivity index (χ2v) is 5.59. The highest BCUT2D eigenvalue weighted by atomic mass is 16.3. The maximum atomic E-state index is 10.1. The molecule has 21 heavy (non-hydrogen) atoms. The number of aliphatic hydroxyl groups is 1. The van der Waals surface area contributed by atoms with Crippen LogP contribution in [0, 0.1) is 0 Å². The van der Waals surface area contributed by atoms with Crippen LogP contribution < -0.4 is 0 Å². The third-order valence-electron chi connectivity index (χ3n) is 3.90. The van der Waals surface area contributed by atoms with Crippen LogP contribution in [-0.4, -0.2) is 22.2 Å². The van der Waals surface area contributed by atoms with E-state index in [2.05, 4.69) is 60.4 Å². The molecule has 0 heterocycles. The Morgan fingerprint density at radius 3 is 1.62 bits per heavy atom. The highest BCUT2D eigenvalue weighted by Crippen LogP contribution is 2.17. The molecule has 0 aliphatic heterocycles. The first kappa shape index (κ1) is 15.7. The summed E-state index contributed by atoms with van der Waals surface area (Å²) < 4.78 is 0. The Morgan fingerprint density at radius 1 is 0.857 bits per heavy atom. The Balaban J connectivity index is 2.17. The zero-order valence-electron chi connectivity index (χ0n) is 12.9. The van der Waals surface area contributed by atoms with Crippen LogP contribution >= 0.6 is 0 Å². The second-order valence-electron chi connectivity index (χ2n) is 5.59. The summed E-state index contributed by atoms with van der Waals surface area (Å²) in [5.74, 6) is 0. The highest BCUT2D eigenvalue weighted by molar-refractivity contribution is 5.17. The van der Waals surface area contributed by atoms with Crippen molar-refractivity contribution in [2.45, 2.75) is 45.5 Å². The lowest BCUT2D eigenvalue weighted by atomic mass is 10.0. The standard InChI is InChI=1S/C19H25NO/c1-3-19(16(2)21)20(14-17-10-6-4-7-11-17)15-18-12-8-5-9-13-18/h4-13,16,19,21H,3,14-15H2,1-2H3/t16-,19+/m0/s1. The third-order valence-corrected chi connectivity index (χ3v) is 3.90. The fourth-order valence-corrected chi connectivity index (χ4v) is 2.83. The minimum Gasteiger partial charge on any atom is -0.392 e. The first-order valence-corrected chi connectivity index (χ1v) is 7.70. The largest absolute Gasteiger partial charge is 0.392 e. The average Bonchev–Trinajstić information content (AvgIpc) is 2.49. The zero-order chi connectivity index (χ0) is 15.1. The molecule has 0 unspecified atom stereocenters. The normalized spacial score (nSPS) is 14.1. The van der Waals surface area contributed by atoms with E-state index < -0.39 is 0 Å². The molecule has 2 atom stereocenters. The van der Waals surface area contributed by atoms with Crippen LogP contribution in [0.4, 0.5) is 0 Å². The van der Waals surface area contributed by atoms with E-state index in [0.717, 1.165) is 19.5 Å². The van der Waals surface area contributed by atoms with Gasteiger partial charge in [0.25, 0.3) is 0 Å². The van der Waals surface area contributed by atoms with Crippen LogP contribution in [-0.2, 0) is 13.1 Å². The minimum atomic E-state index is -0.331. The topological polar surface area (TPSA) is 23.5 Å². The van der Waals surface area contributed by atoms with Crippen molar-refractivity contribution in [2.75, 3.05) is 0 Å². The van der Waals surface area contributed by atoms with Crippen LogP contribution in [0.15, 0.2) is 60.7 Å². The van der Waals surface area contributed by atoms with Gasteiger partial charge in [-0.05, 0) is 24.5 Å². The molecule has 0 amide bonds. The molecular weight excluding hydrogens is 258 g/mol. The van der Waals surface area contributed by atoms with Crippen molar-refractivity contribution >= 4 is 0 Å². The summed E-state index contributed by atoms with van der Waals surface area (Å²) in [6.45, 7) is 5.75. The van der Waals surface area contributed by atoms with Gasteiger partial charge in [-0.15, -0.1) is 0 Å². The summed E-state index contributed by atoms with van der Waals surface area (Å²) in [6, 6.07) is 21.1. The molecule has 2 nitrogen and oxygen atoms in total. The van der Waals surface area contributed by atoms with Crippen LogP contribution in [0.3, 0.4) is 0 Å². The monoisotopic (exact) mass is 283 g/mol. The van der Waals surface area contributed by atoms with Crippen molar-refractivity contribution < 1.29 is 5.11 Å². The first-order valence-electron chi connectivity index (χ1n) is 7.70. The Kier molecular flexibility index (Phi) is 5.97. The summed E-state index contributed by atoms with van der Waals surface area (Å²) in [7, 11) is 0. The van der Waals surface area contributed by atoms with Gasteiger partial charge in [0.05, 0.1) is 6.10 Å². The summed E-state index contributed by atoms with van der Waals surface area (Å²) in [6.07, 6.45) is 0.611. The van der Waals surface area contributed by atoms with Gasteiger partial charge in [-0.3, -0.25) is 4.90 Å². The number of benzene rings is 2. The number of nitrogens with zero attached hydrogens (tertiary/aromatic N) is 1. The Hall–Kier alpha value is -1.64. The fourth-order valence-electron chi connectivity index (χ4n) is 2.83. The van der Waals surface area contributed by atoms with E-state index >= 15 is 0 Å². The van der Waals surface area contributed by atoms with E-state index in [0.29, 0.717) is 0 Å². The van der Waals surface area contributed by atoms with Gasteiger partial charge >= 0.3 is 0 Å². The van der Waals surface area contributed by atoms with Gasteiger partial charge in [-0.2, -0.15) is 0 Å². The van der Waals surface area contributed by atoms with Gasteiger partial charge < -0.3 is 5.11 Å². The average molecular weight is 283 g/mol. The number of aliphatic hydroxyl groups excluding tert-OH is 1. The fraction of sp³-hybridized carbons (Fsp3) is 0.368. The van der Waals surface area contributed by atoms with Crippen molar-refractivity contribution in [3.63, 3.8) is 0 Å². The van der Waals surface area contributed by atoms with Crippen LogP contribution in [0.5, 0.6) is 0 Å². The molecule has 0 fully saturated rings. The third kappa shape index (κ3) is 4.69. The zero-order valence-corrected chi connectivity index (χ0v) is 12.9. The molecule has 0 saturated carbocycles. The van der Waals surface area contributed by atoms with E-state index in [1.807, 2.05) is 19.1 Å². The van der Waals surface area contributed by atoms with Gasteiger partial charge in [0.2, 0.25) is 0 Å². The summed E-state index contributed by atoms with van der Waals surface area (Å²) in [5, 5.41) is 10.1. The molecule has 1 N–H and O–H groups in total. The lowest BCUT2D eigenvalue weighted by Crippen LogP contribution is -2.41. The van der Waals surface area contributed by atoms with Crippen molar-refractivity contribution in [1.29, 1.82) is 0 Å². The number of rotatable bonds is 7. The van der Waals surface area contributed by atoms with Gasteiger partial charge in [-0.1, -0.05) is 67.6 Å². The molecule has 2 aromatic rings. The molecule has 0 bridgehead atoms. The first-order chi connectivity index (χ1) is 10.2. The molecule has 0 radical (unpaired) electrons. The molecule has 0 spiro atoms. The van der Waals surface area contributed by atoms with Gasteiger partial charge in [0, 0.05) is 19.1 Å². The van der Waals surface area contributed by atoms with Gasteiger partial charge in [0.1, 0.15) is 0 Å². The molecule has 2 aromatic carbocycles. The maximum Gasteiger partial charge on any atom is 0.0667 e. The predicted octanol–water partition coefficient (Wildman–Crippen LogP) is 3.85. The lowest BCUT2D eigenvalue weighted by Gasteiger charge is -2.33. The Bertz CT molecular complexity index is 468. The van der Waals surface area contributed by atoms with Crippen LogP contribution in [0.1, 0.15) is 31.4 Å². The Morgan fingerprint density at radius 2 is 1.29 bits per heavy atom. The smallest absolute Gasteiger partial charge is 0.0667 e. The van der Waals surface area contributed by atoms with Gasteiger partial charge in [0.15, 0.2) is 0 Å². The lowest BCUT2D eigenvalue weighted by molar-refractivity contribution is 0.0483. The van der Waals surface area contributed by atoms with E-state index in [1.165, 1.54) is 11.1 Å². The second kappa shape index (κ2) is 7.96. The van der Waals surface area contributed by atoms with Gasteiger partial charge in [-0.25, -0.2) is 0 Å². The Labute approximate surface area is 128 Å². The van der Waals surface area contributed by atoms with E-state index in [9.17, 15) is 5.11 Å². The van der Waals surface area contributed by atoms with E-state index in [-0.39, 0.29) is 12.1 Å². The molecule has 2 heteroatoms. The number of hydrogen-bond acceptors (Lipinski definition) is 2. The summed E-state index contributed by atoms with van der Waals surface area (Å²) in [5.41, 5.74) is 2.57. The molecule has 0 aliphatic rings. The molecule has 0 aromatic heterocycles. The van der Waals surface area contributed by atoms with Crippen LogP contribution in [0.25, 0.3) is 0 Å². The maximum absolute atomic E-state index is 10.1. The molecule has 0 aliphatic carbocycles. The SMILES string of the molecule is CC[C@H]([C@H](C)O)N(Cc1ccccc1)Cc1ccccc1. The number of hydrogen-bond donors (Lipinski definition) is 1. The molecule has 112 valence electrons. The predicted molar refractivity (Wildman–Crippen MR) is 87.9 cm³/mol. The molecule has 2 rings (SSSR count). The van der Waals surface area contributed by atoms with Crippen molar-refractivity contribution in [3.8, 4) is 0 Å². The van der Waals surface area contributed by atoms with Crippen molar-refractivity contribution in [2.24, 2.45) is 0 Å². The van der Waals surface area contributed by atoms with Crippen molar-refractivity contribution in [1.82, 2.24) is 4.90 Å². The summed E-state index contributed by atoms with van der Waals surface area (Å²) >= 11 is 0. The van der Waals surface area contributed by atoms with E-state index in [4.69, 9.17) is 0 Å².